The predicted molar refractivity (Wildman–Crippen MR) is 129 cm³/mol. The van der Waals surface area contributed by atoms with Gasteiger partial charge in [-0.05, 0) is 56.6 Å². The van der Waals surface area contributed by atoms with Crippen molar-refractivity contribution in [2.75, 3.05) is 42.9 Å². The van der Waals surface area contributed by atoms with Crippen molar-refractivity contribution in [3.05, 3.63) is 53.1 Å². The number of halogens is 1. The van der Waals surface area contributed by atoms with Gasteiger partial charge in [0, 0.05) is 37.1 Å². The molecule has 3 heterocycles. The molecule has 8 heteroatoms. The highest BCUT2D eigenvalue weighted by molar-refractivity contribution is 6.32. The molecule has 3 aliphatic rings. The molecule has 5 rings (SSSR count). The molecule has 0 spiro atoms. The monoisotopic (exact) mass is 468 g/mol. The Bertz CT molecular complexity index is 1060. The van der Waals surface area contributed by atoms with E-state index in [1.165, 1.54) is 23.4 Å². The van der Waals surface area contributed by atoms with Gasteiger partial charge in [-0.3, -0.25) is 14.5 Å². The van der Waals surface area contributed by atoms with Crippen molar-refractivity contribution in [2.24, 2.45) is 5.92 Å². The number of aromatic hydroxyl groups is 1. The van der Waals surface area contributed by atoms with E-state index in [9.17, 15) is 14.7 Å². The minimum absolute atomic E-state index is 0.0159. The Hall–Kier alpha value is -2.77. The lowest BCUT2D eigenvalue weighted by Gasteiger charge is -2.36. The van der Waals surface area contributed by atoms with E-state index < -0.39 is 0 Å². The van der Waals surface area contributed by atoms with E-state index in [0.29, 0.717) is 24.8 Å². The number of nitrogens with one attached hydrogen (secondary N) is 1. The highest BCUT2D eigenvalue weighted by atomic mass is 35.5. The SMILES string of the molecule is Cc1ccc(N2CC3CC2CN3C(=O)CN2CC[C@@H](C(=O)Nc3ccc(O)c(Cl)c3)C2)cc1. The van der Waals surface area contributed by atoms with Crippen molar-refractivity contribution in [1.29, 1.82) is 0 Å². The Balaban J connectivity index is 1.12. The molecule has 0 aliphatic carbocycles. The maximum Gasteiger partial charge on any atom is 0.237 e. The number of phenolic OH excluding ortho intramolecular Hbond substituents is 1. The van der Waals surface area contributed by atoms with E-state index in [4.69, 9.17) is 11.6 Å². The number of fused-ring (bicyclic) bond motifs is 2. The standard InChI is InChI=1S/C25H29ClN4O3/c1-16-2-5-19(6-3-16)29-13-21-11-20(29)14-30(21)24(32)15-28-9-8-17(12-28)25(33)27-18-4-7-23(31)22(26)10-18/h2-7,10,17,20-21,31H,8-9,11-15H2,1H3,(H,27,33)/t17-,20?,21?/m1/s1. The largest absolute Gasteiger partial charge is 0.506 e. The second kappa shape index (κ2) is 8.88. The molecule has 33 heavy (non-hydrogen) atoms. The van der Waals surface area contributed by atoms with Crippen LogP contribution in [0, 0.1) is 12.8 Å². The lowest BCUT2D eigenvalue weighted by Crippen LogP contribution is -2.51. The lowest BCUT2D eigenvalue weighted by molar-refractivity contribution is -0.133. The number of aryl methyl sites for hydroxylation is 1. The van der Waals surface area contributed by atoms with Crippen LogP contribution in [0.5, 0.6) is 5.75 Å². The van der Waals surface area contributed by atoms with Gasteiger partial charge in [-0.25, -0.2) is 0 Å². The topological polar surface area (TPSA) is 76.1 Å². The number of phenols is 1. The van der Waals surface area contributed by atoms with Gasteiger partial charge < -0.3 is 20.2 Å². The van der Waals surface area contributed by atoms with Crippen molar-refractivity contribution in [1.82, 2.24) is 9.80 Å². The molecule has 2 aromatic carbocycles. The number of likely N-dealkylation sites (tertiary alicyclic amines) is 2. The summed E-state index contributed by atoms with van der Waals surface area (Å²) < 4.78 is 0. The fourth-order valence-electron chi connectivity index (χ4n) is 5.33. The third-order valence-electron chi connectivity index (χ3n) is 7.14. The summed E-state index contributed by atoms with van der Waals surface area (Å²) in [4.78, 5) is 32.2. The summed E-state index contributed by atoms with van der Waals surface area (Å²) in [7, 11) is 0. The maximum atomic E-state index is 13.0. The first-order valence-corrected chi connectivity index (χ1v) is 11.9. The summed E-state index contributed by atoms with van der Waals surface area (Å²) in [6, 6.07) is 13.9. The molecule has 3 saturated heterocycles. The number of carbonyl (C=O) groups is 2. The number of nitrogens with zero attached hydrogens (tertiary/aromatic N) is 3. The van der Waals surface area contributed by atoms with E-state index in [-0.39, 0.29) is 34.5 Å². The van der Waals surface area contributed by atoms with Gasteiger partial charge in [0.2, 0.25) is 11.8 Å². The highest BCUT2D eigenvalue weighted by Crippen LogP contribution is 2.35. The summed E-state index contributed by atoms with van der Waals surface area (Å²) in [6.07, 6.45) is 1.75. The van der Waals surface area contributed by atoms with Gasteiger partial charge in [0.1, 0.15) is 5.75 Å². The average Bonchev–Trinajstić information content (AvgIpc) is 3.53. The Labute approximate surface area is 198 Å². The molecular weight excluding hydrogens is 440 g/mol. The number of amides is 2. The van der Waals surface area contributed by atoms with Gasteiger partial charge in [0.15, 0.2) is 0 Å². The van der Waals surface area contributed by atoms with E-state index in [1.54, 1.807) is 6.07 Å². The van der Waals surface area contributed by atoms with E-state index in [2.05, 4.69) is 46.3 Å². The fraction of sp³-hybridized carbons (Fsp3) is 0.440. The number of anilines is 2. The van der Waals surface area contributed by atoms with Crippen LogP contribution in [0.1, 0.15) is 18.4 Å². The van der Waals surface area contributed by atoms with E-state index >= 15 is 0 Å². The summed E-state index contributed by atoms with van der Waals surface area (Å²) in [5, 5.41) is 12.6. The van der Waals surface area contributed by atoms with E-state index in [1.807, 2.05) is 4.90 Å². The summed E-state index contributed by atoms with van der Waals surface area (Å²) in [5.41, 5.74) is 3.05. The minimum atomic E-state index is -0.169. The average molecular weight is 469 g/mol. The van der Waals surface area contributed by atoms with Crippen LogP contribution >= 0.6 is 11.6 Å². The van der Waals surface area contributed by atoms with Crippen LogP contribution in [0.2, 0.25) is 5.02 Å². The minimum Gasteiger partial charge on any atom is -0.506 e. The molecule has 2 amide bonds. The zero-order valence-electron chi connectivity index (χ0n) is 18.7. The second-order valence-electron chi connectivity index (χ2n) is 9.45. The second-order valence-corrected chi connectivity index (χ2v) is 9.86. The molecule has 2 bridgehead atoms. The van der Waals surface area contributed by atoms with E-state index in [0.717, 1.165) is 32.5 Å². The molecule has 3 aliphatic heterocycles. The zero-order chi connectivity index (χ0) is 23.1. The van der Waals surface area contributed by atoms with Crippen LogP contribution in [-0.4, -0.2) is 71.5 Å². The first kappa shape index (κ1) is 22.0. The molecule has 2 unspecified atom stereocenters. The van der Waals surface area contributed by atoms with Crippen LogP contribution in [0.4, 0.5) is 11.4 Å². The fourth-order valence-corrected chi connectivity index (χ4v) is 5.51. The van der Waals surface area contributed by atoms with Crippen LogP contribution < -0.4 is 10.2 Å². The Morgan fingerprint density at radius 3 is 2.58 bits per heavy atom. The maximum absolute atomic E-state index is 13.0. The summed E-state index contributed by atoms with van der Waals surface area (Å²) in [5.74, 6) is -0.103. The third kappa shape index (κ3) is 4.52. The quantitative estimate of drug-likeness (QED) is 0.659. The molecular formula is C25H29ClN4O3. The predicted octanol–water partition coefficient (Wildman–Crippen LogP) is 3.10. The van der Waals surface area contributed by atoms with Crippen molar-refractivity contribution >= 4 is 34.8 Å². The van der Waals surface area contributed by atoms with Gasteiger partial charge >= 0.3 is 0 Å². The Kier molecular flexibility index (Phi) is 5.93. The molecule has 3 atom stereocenters. The summed E-state index contributed by atoms with van der Waals surface area (Å²) in [6.45, 7) is 5.42. The molecule has 7 nitrogen and oxygen atoms in total. The molecule has 0 aromatic heterocycles. The van der Waals surface area contributed by atoms with Crippen molar-refractivity contribution in [2.45, 2.75) is 31.8 Å². The first-order valence-electron chi connectivity index (χ1n) is 11.5. The number of rotatable bonds is 5. The molecule has 2 aromatic rings. The summed E-state index contributed by atoms with van der Waals surface area (Å²) >= 11 is 5.92. The molecule has 174 valence electrons. The zero-order valence-corrected chi connectivity index (χ0v) is 19.5. The number of piperazine rings is 1. The number of hydrogen-bond acceptors (Lipinski definition) is 5. The Morgan fingerprint density at radius 2 is 1.88 bits per heavy atom. The van der Waals surface area contributed by atoms with Gasteiger partial charge in [0.25, 0.3) is 0 Å². The van der Waals surface area contributed by atoms with Crippen LogP contribution in [0.3, 0.4) is 0 Å². The van der Waals surface area contributed by atoms with Crippen LogP contribution in [-0.2, 0) is 9.59 Å². The molecule has 2 N–H and O–H groups in total. The third-order valence-corrected chi connectivity index (χ3v) is 7.45. The number of benzene rings is 2. The smallest absolute Gasteiger partial charge is 0.237 e. The molecule has 0 radical (unpaired) electrons. The van der Waals surface area contributed by atoms with Crippen molar-refractivity contribution in [3.63, 3.8) is 0 Å². The molecule has 3 fully saturated rings. The highest BCUT2D eigenvalue weighted by Gasteiger charge is 2.45. The van der Waals surface area contributed by atoms with Crippen LogP contribution in [0.15, 0.2) is 42.5 Å². The first-order chi connectivity index (χ1) is 15.9. The number of carbonyl (C=O) groups excluding carboxylic acids is 2. The van der Waals surface area contributed by atoms with Crippen LogP contribution in [0.25, 0.3) is 0 Å². The molecule has 0 saturated carbocycles. The van der Waals surface area contributed by atoms with Crippen molar-refractivity contribution in [3.8, 4) is 5.75 Å². The normalized spacial score (nSPS) is 24.5. The lowest BCUT2D eigenvalue weighted by atomic mass is 10.1. The van der Waals surface area contributed by atoms with Crippen molar-refractivity contribution < 1.29 is 14.7 Å². The Morgan fingerprint density at radius 1 is 1.09 bits per heavy atom. The van der Waals surface area contributed by atoms with Gasteiger partial charge in [-0.2, -0.15) is 0 Å². The number of hydrogen-bond donors (Lipinski definition) is 2. The van der Waals surface area contributed by atoms with Gasteiger partial charge in [-0.15, -0.1) is 0 Å². The van der Waals surface area contributed by atoms with Gasteiger partial charge in [0.05, 0.1) is 23.5 Å². The van der Waals surface area contributed by atoms with Gasteiger partial charge in [-0.1, -0.05) is 29.3 Å².